The average Bonchev–Trinajstić information content (AvgIpc) is 2.96. The predicted molar refractivity (Wildman–Crippen MR) is 97.3 cm³/mol. The van der Waals surface area contributed by atoms with Crippen LogP contribution in [0.5, 0.6) is 0 Å². The fourth-order valence-electron chi connectivity index (χ4n) is 2.76. The molecule has 1 atom stereocenters. The van der Waals surface area contributed by atoms with E-state index in [9.17, 15) is 23.1 Å². The number of fused-ring (bicyclic) bond motifs is 3. The summed E-state index contributed by atoms with van der Waals surface area (Å²) in [5, 5.41) is 19.4. The molecule has 2 aromatic carbocycles. The summed E-state index contributed by atoms with van der Waals surface area (Å²) in [5.74, 6) is -2.79. The number of carboxylic acid groups (broad SMARTS) is 2. The normalized spacial score (nSPS) is 13.3. The molecule has 0 aliphatic heterocycles. The van der Waals surface area contributed by atoms with E-state index in [2.05, 4.69) is 4.72 Å². The maximum atomic E-state index is 12.6. The Morgan fingerprint density at radius 1 is 1.00 bits per heavy atom. The van der Waals surface area contributed by atoms with Crippen LogP contribution in [-0.4, -0.2) is 36.6 Å². The van der Waals surface area contributed by atoms with Crippen LogP contribution < -0.4 is 4.72 Å². The molecule has 1 heterocycles. The lowest BCUT2D eigenvalue weighted by atomic mass is 10.1. The smallest absolute Gasteiger partial charge is 0.335 e. The van der Waals surface area contributed by atoms with Crippen LogP contribution in [0.3, 0.4) is 0 Å². The van der Waals surface area contributed by atoms with Gasteiger partial charge in [-0.3, -0.25) is 4.79 Å². The summed E-state index contributed by atoms with van der Waals surface area (Å²) >= 11 is 0. The van der Waals surface area contributed by atoms with Crippen molar-refractivity contribution in [3.8, 4) is 0 Å². The van der Waals surface area contributed by atoms with E-state index in [1.165, 1.54) is 36.4 Å². The van der Waals surface area contributed by atoms with E-state index >= 15 is 0 Å². The number of benzene rings is 2. The van der Waals surface area contributed by atoms with Gasteiger partial charge in [0.1, 0.15) is 17.2 Å². The van der Waals surface area contributed by atoms with Crippen molar-refractivity contribution in [1.29, 1.82) is 0 Å². The van der Waals surface area contributed by atoms with E-state index in [1.807, 2.05) is 0 Å². The number of hydrogen-bond donors (Lipinski definition) is 3. The minimum absolute atomic E-state index is 0.0878. The molecular weight excluding hydrogens is 374 g/mol. The molecule has 0 saturated carbocycles. The first-order valence-electron chi connectivity index (χ1n) is 8.05. The number of sulfonamides is 1. The number of nitrogens with one attached hydrogen (secondary N) is 1. The molecule has 1 aromatic heterocycles. The molecule has 27 heavy (non-hydrogen) atoms. The first-order valence-corrected chi connectivity index (χ1v) is 9.53. The Balaban J connectivity index is 2.07. The highest BCUT2D eigenvalue weighted by molar-refractivity contribution is 7.89. The lowest BCUT2D eigenvalue weighted by molar-refractivity contribution is -0.140. The summed E-state index contributed by atoms with van der Waals surface area (Å²) in [6, 6.07) is 7.21. The van der Waals surface area contributed by atoms with Gasteiger partial charge >= 0.3 is 11.9 Å². The molecule has 3 aromatic rings. The number of furan rings is 1. The molecule has 0 fully saturated rings. The molecule has 8 nitrogen and oxygen atoms in total. The van der Waals surface area contributed by atoms with Crippen LogP contribution >= 0.6 is 0 Å². The molecule has 0 spiro atoms. The second-order valence-corrected chi connectivity index (χ2v) is 8.17. The zero-order valence-electron chi connectivity index (χ0n) is 14.5. The van der Waals surface area contributed by atoms with E-state index in [4.69, 9.17) is 9.52 Å². The fraction of sp³-hybridized carbons (Fsp3) is 0.222. The first kappa shape index (κ1) is 18.9. The molecule has 1 unspecified atom stereocenters. The third-order valence-corrected chi connectivity index (χ3v) is 5.65. The van der Waals surface area contributed by atoms with Crippen molar-refractivity contribution in [3.63, 3.8) is 0 Å². The van der Waals surface area contributed by atoms with Crippen molar-refractivity contribution in [2.75, 3.05) is 0 Å². The Morgan fingerprint density at radius 3 is 2.30 bits per heavy atom. The highest BCUT2D eigenvalue weighted by Gasteiger charge is 2.28. The molecule has 0 aliphatic carbocycles. The van der Waals surface area contributed by atoms with Crippen LogP contribution in [0.2, 0.25) is 0 Å². The predicted octanol–water partition coefficient (Wildman–Crippen LogP) is 2.67. The van der Waals surface area contributed by atoms with E-state index in [1.54, 1.807) is 13.8 Å². The zero-order valence-corrected chi connectivity index (χ0v) is 15.3. The summed E-state index contributed by atoms with van der Waals surface area (Å²) in [6.07, 6.45) is 0. The molecule has 0 radical (unpaired) electrons. The zero-order chi connectivity index (χ0) is 19.9. The molecule has 0 saturated heterocycles. The van der Waals surface area contributed by atoms with Crippen LogP contribution in [0, 0.1) is 5.92 Å². The second-order valence-electron chi connectivity index (χ2n) is 6.46. The topological polar surface area (TPSA) is 134 Å². The van der Waals surface area contributed by atoms with Gasteiger partial charge in [-0.25, -0.2) is 13.2 Å². The standard InChI is InChI=1S/C18H17NO7S/c1-9(2)16(18(22)23)19-27(24,25)11-4-5-12-13-7-10(17(20)21)3-6-14(13)26-15(12)8-11/h3-9,16,19H,1-2H3,(H,20,21)(H,22,23). The SMILES string of the molecule is CC(C)C(NS(=O)(=O)c1ccc2c(c1)oc1ccc(C(=O)O)cc12)C(=O)O. The number of carbonyl (C=O) groups is 2. The lowest BCUT2D eigenvalue weighted by Gasteiger charge is -2.17. The van der Waals surface area contributed by atoms with Gasteiger partial charge in [-0.05, 0) is 36.2 Å². The maximum Gasteiger partial charge on any atom is 0.335 e. The summed E-state index contributed by atoms with van der Waals surface area (Å²) in [4.78, 5) is 22.3. The molecule has 3 N–H and O–H groups in total. The minimum atomic E-state index is -4.08. The van der Waals surface area contributed by atoms with Gasteiger partial charge < -0.3 is 14.6 Å². The van der Waals surface area contributed by atoms with Crippen molar-refractivity contribution >= 4 is 43.9 Å². The monoisotopic (exact) mass is 391 g/mol. The van der Waals surface area contributed by atoms with E-state index in [0.717, 1.165) is 0 Å². The Morgan fingerprint density at radius 2 is 1.70 bits per heavy atom. The third-order valence-electron chi connectivity index (χ3n) is 4.21. The number of aliphatic carboxylic acids is 1. The highest BCUT2D eigenvalue weighted by Crippen LogP contribution is 2.31. The van der Waals surface area contributed by atoms with E-state index in [-0.39, 0.29) is 16.0 Å². The molecule has 0 amide bonds. The molecule has 3 rings (SSSR count). The lowest BCUT2D eigenvalue weighted by Crippen LogP contribution is -2.44. The fourth-order valence-corrected chi connectivity index (χ4v) is 4.12. The summed E-state index contributed by atoms with van der Waals surface area (Å²) < 4.78 is 32.9. The van der Waals surface area contributed by atoms with Gasteiger partial charge in [-0.2, -0.15) is 4.72 Å². The number of rotatable bonds is 6. The Bertz CT molecular complexity index is 1160. The number of hydrogen-bond acceptors (Lipinski definition) is 5. The molecule has 142 valence electrons. The van der Waals surface area contributed by atoms with Crippen molar-refractivity contribution in [1.82, 2.24) is 4.72 Å². The van der Waals surface area contributed by atoms with Gasteiger partial charge in [0.15, 0.2) is 0 Å². The van der Waals surface area contributed by atoms with E-state index < -0.39 is 33.9 Å². The van der Waals surface area contributed by atoms with Crippen molar-refractivity contribution in [3.05, 3.63) is 42.0 Å². The average molecular weight is 391 g/mol. The second kappa shape index (κ2) is 6.67. The molecule has 9 heteroatoms. The van der Waals surface area contributed by atoms with Crippen LogP contribution in [0.1, 0.15) is 24.2 Å². The minimum Gasteiger partial charge on any atom is -0.480 e. The molecular formula is C18H17NO7S. The Labute approximate surface area is 154 Å². The Kier molecular flexibility index (Phi) is 4.66. The number of aromatic carboxylic acids is 1. The summed E-state index contributed by atoms with van der Waals surface area (Å²) in [7, 11) is -4.08. The third kappa shape index (κ3) is 3.51. The molecule has 0 aliphatic rings. The highest BCUT2D eigenvalue weighted by atomic mass is 32.2. The van der Waals surface area contributed by atoms with Crippen LogP contribution in [0.25, 0.3) is 21.9 Å². The van der Waals surface area contributed by atoms with Crippen molar-refractivity contribution in [2.24, 2.45) is 5.92 Å². The molecule has 0 bridgehead atoms. The largest absolute Gasteiger partial charge is 0.480 e. The first-order chi connectivity index (χ1) is 12.6. The van der Waals surface area contributed by atoms with Gasteiger partial charge in [-0.1, -0.05) is 13.8 Å². The van der Waals surface area contributed by atoms with Crippen LogP contribution in [-0.2, 0) is 14.8 Å². The van der Waals surface area contributed by atoms with E-state index in [0.29, 0.717) is 16.4 Å². The van der Waals surface area contributed by atoms with Gasteiger partial charge in [-0.15, -0.1) is 0 Å². The van der Waals surface area contributed by atoms with Gasteiger partial charge in [0, 0.05) is 16.8 Å². The Hall–Kier alpha value is -2.91. The van der Waals surface area contributed by atoms with Crippen LogP contribution in [0.15, 0.2) is 45.7 Å². The maximum absolute atomic E-state index is 12.6. The van der Waals surface area contributed by atoms with Gasteiger partial charge in [0.2, 0.25) is 10.0 Å². The quantitative estimate of drug-likeness (QED) is 0.588. The summed E-state index contributed by atoms with van der Waals surface area (Å²) in [5.41, 5.74) is 0.764. The van der Waals surface area contributed by atoms with Crippen molar-refractivity contribution in [2.45, 2.75) is 24.8 Å². The van der Waals surface area contributed by atoms with Gasteiger partial charge in [0.25, 0.3) is 0 Å². The van der Waals surface area contributed by atoms with Gasteiger partial charge in [0.05, 0.1) is 10.5 Å². The van der Waals surface area contributed by atoms with Crippen LogP contribution in [0.4, 0.5) is 0 Å². The number of carboxylic acids is 2. The van der Waals surface area contributed by atoms with Crippen molar-refractivity contribution < 1.29 is 32.6 Å². The summed E-state index contributed by atoms with van der Waals surface area (Å²) in [6.45, 7) is 3.20.